The summed E-state index contributed by atoms with van der Waals surface area (Å²) in [6.45, 7) is 7.87. The van der Waals surface area contributed by atoms with Gasteiger partial charge in [-0.1, -0.05) is 51.1 Å². The summed E-state index contributed by atoms with van der Waals surface area (Å²) in [4.78, 5) is 5.46. The monoisotopic (exact) mass is 251 g/mol. The number of nitrogens with one attached hydrogen (secondary N) is 1. The Bertz CT molecular complexity index is 319. The van der Waals surface area contributed by atoms with E-state index in [9.17, 15) is 0 Å². The normalized spacial score (nSPS) is 13.6. The van der Waals surface area contributed by atoms with Crippen LogP contribution in [0.3, 0.4) is 0 Å². The highest BCUT2D eigenvalue weighted by Gasteiger charge is 2.20. The third-order valence-electron chi connectivity index (χ3n) is 2.63. The lowest BCUT2D eigenvalue weighted by Gasteiger charge is -2.26. The molecule has 18 heavy (non-hydrogen) atoms. The smallest absolute Gasteiger partial charge is 0.0916 e. The van der Waals surface area contributed by atoms with Crippen molar-refractivity contribution in [3.05, 3.63) is 35.9 Å². The van der Waals surface area contributed by atoms with E-state index in [4.69, 9.17) is 9.57 Å². The molecular formula is C15H25NO2. The molecule has 0 spiro atoms. The van der Waals surface area contributed by atoms with Gasteiger partial charge in [0.2, 0.25) is 0 Å². The third-order valence-corrected chi connectivity index (χ3v) is 2.63. The van der Waals surface area contributed by atoms with Gasteiger partial charge in [0, 0.05) is 7.11 Å². The number of methoxy groups -OCH3 is 1. The maximum atomic E-state index is 5.46. The number of hydrogen-bond donors (Lipinski definition) is 1. The van der Waals surface area contributed by atoms with Crippen molar-refractivity contribution in [3.8, 4) is 0 Å². The van der Waals surface area contributed by atoms with E-state index >= 15 is 0 Å². The average Bonchev–Trinajstić information content (AvgIpc) is 2.33. The van der Waals surface area contributed by atoms with Crippen LogP contribution in [0.2, 0.25) is 0 Å². The third kappa shape index (κ3) is 6.15. The van der Waals surface area contributed by atoms with Crippen LogP contribution in [0, 0.1) is 5.41 Å². The Hall–Kier alpha value is -0.900. The quantitative estimate of drug-likeness (QED) is 0.595. The van der Waals surface area contributed by atoms with Crippen LogP contribution in [0.25, 0.3) is 0 Å². The van der Waals surface area contributed by atoms with Gasteiger partial charge in [-0.05, 0) is 17.4 Å². The van der Waals surface area contributed by atoms with E-state index < -0.39 is 0 Å². The zero-order chi connectivity index (χ0) is 13.4. The van der Waals surface area contributed by atoms with Crippen molar-refractivity contribution in [2.24, 2.45) is 5.41 Å². The summed E-state index contributed by atoms with van der Waals surface area (Å²) in [5.74, 6) is 0. The van der Waals surface area contributed by atoms with Crippen molar-refractivity contribution in [2.45, 2.75) is 33.2 Å². The van der Waals surface area contributed by atoms with Crippen molar-refractivity contribution < 1.29 is 9.57 Å². The topological polar surface area (TPSA) is 30.5 Å². The first kappa shape index (κ1) is 15.2. The molecule has 0 aliphatic carbocycles. The highest BCUT2D eigenvalue weighted by atomic mass is 16.7. The zero-order valence-electron chi connectivity index (χ0n) is 11.9. The highest BCUT2D eigenvalue weighted by molar-refractivity contribution is 5.18. The van der Waals surface area contributed by atoms with Gasteiger partial charge in [-0.2, -0.15) is 5.48 Å². The SMILES string of the molecule is COCCONC(CC(C)(C)C)c1ccccc1. The number of rotatable bonds is 7. The van der Waals surface area contributed by atoms with Gasteiger partial charge >= 0.3 is 0 Å². The molecule has 0 bridgehead atoms. The summed E-state index contributed by atoms with van der Waals surface area (Å²) in [6.07, 6.45) is 1.02. The van der Waals surface area contributed by atoms with Crippen LogP contribution in [0.15, 0.2) is 30.3 Å². The summed E-state index contributed by atoms with van der Waals surface area (Å²) >= 11 is 0. The van der Waals surface area contributed by atoms with Gasteiger partial charge in [-0.25, -0.2) is 0 Å². The predicted octanol–water partition coefficient (Wildman–Crippen LogP) is 3.33. The van der Waals surface area contributed by atoms with Gasteiger partial charge < -0.3 is 4.74 Å². The molecule has 0 radical (unpaired) electrons. The molecule has 0 aliphatic heterocycles. The second-order valence-corrected chi connectivity index (χ2v) is 5.69. The first-order valence-corrected chi connectivity index (χ1v) is 6.44. The van der Waals surface area contributed by atoms with Crippen LogP contribution >= 0.6 is 0 Å². The molecule has 1 unspecified atom stereocenters. The van der Waals surface area contributed by atoms with Crippen molar-refractivity contribution >= 4 is 0 Å². The van der Waals surface area contributed by atoms with Crippen molar-refractivity contribution in [2.75, 3.05) is 20.3 Å². The Morgan fingerprint density at radius 1 is 1.11 bits per heavy atom. The number of benzene rings is 1. The Kier molecular flexibility index (Phi) is 6.33. The zero-order valence-corrected chi connectivity index (χ0v) is 11.9. The van der Waals surface area contributed by atoms with Gasteiger partial charge in [0.15, 0.2) is 0 Å². The van der Waals surface area contributed by atoms with Gasteiger partial charge in [0.1, 0.15) is 0 Å². The largest absolute Gasteiger partial charge is 0.382 e. The Balaban J connectivity index is 2.58. The molecule has 1 aromatic rings. The number of hydrogen-bond acceptors (Lipinski definition) is 3. The number of ether oxygens (including phenoxy) is 1. The van der Waals surface area contributed by atoms with Crippen LogP contribution in [0.5, 0.6) is 0 Å². The van der Waals surface area contributed by atoms with E-state index in [0.717, 1.165) is 6.42 Å². The van der Waals surface area contributed by atoms with Crippen molar-refractivity contribution in [1.82, 2.24) is 5.48 Å². The second kappa shape index (κ2) is 7.52. The lowest BCUT2D eigenvalue weighted by Crippen LogP contribution is -2.27. The lowest BCUT2D eigenvalue weighted by atomic mass is 9.86. The summed E-state index contributed by atoms with van der Waals surface area (Å²) in [6, 6.07) is 10.6. The molecular weight excluding hydrogens is 226 g/mol. The van der Waals surface area contributed by atoms with Crippen LogP contribution < -0.4 is 5.48 Å². The predicted molar refractivity (Wildman–Crippen MR) is 74.2 cm³/mol. The standard InChI is InChI=1S/C15H25NO2/c1-15(2,3)12-14(16-18-11-10-17-4)13-8-6-5-7-9-13/h5-9,14,16H,10-12H2,1-4H3. The van der Waals surface area contributed by atoms with Crippen molar-refractivity contribution in [3.63, 3.8) is 0 Å². The molecule has 3 heteroatoms. The molecule has 0 amide bonds. The van der Waals surface area contributed by atoms with Gasteiger partial charge in [-0.15, -0.1) is 0 Å². The molecule has 0 aromatic heterocycles. The van der Waals surface area contributed by atoms with Crippen LogP contribution in [0.4, 0.5) is 0 Å². The molecule has 0 fully saturated rings. The molecule has 1 aromatic carbocycles. The molecule has 3 nitrogen and oxygen atoms in total. The van der Waals surface area contributed by atoms with E-state index in [2.05, 4.69) is 50.5 Å². The van der Waals surface area contributed by atoms with Crippen LogP contribution in [-0.2, 0) is 9.57 Å². The van der Waals surface area contributed by atoms with E-state index in [0.29, 0.717) is 13.2 Å². The number of hydroxylamine groups is 1. The van der Waals surface area contributed by atoms with Crippen LogP contribution in [0.1, 0.15) is 38.8 Å². The van der Waals surface area contributed by atoms with E-state index in [-0.39, 0.29) is 11.5 Å². The summed E-state index contributed by atoms with van der Waals surface area (Å²) in [7, 11) is 1.67. The first-order valence-electron chi connectivity index (χ1n) is 6.44. The molecule has 1 atom stereocenters. The highest BCUT2D eigenvalue weighted by Crippen LogP contribution is 2.29. The van der Waals surface area contributed by atoms with E-state index in [1.165, 1.54) is 5.56 Å². The lowest BCUT2D eigenvalue weighted by molar-refractivity contribution is -0.0193. The minimum Gasteiger partial charge on any atom is -0.382 e. The fourth-order valence-electron chi connectivity index (χ4n) is 1.81. The second-order valence-electron chi connectivity index (χ2n) is 5.69. The van der Waals surface area contributed by atoms with Crippen molar-refractivity contribution in [1.29, 1.82) is 0 Å². The fourth-order valence-corrected chi connectivity index (χ4v) is 1.81. The fraction of sp³-hybridized carbons (Fsp3) is 0.600. The van der Waals surface area contributed by atoms with Gasteiger partial charge in [0.25, 0.3) is 0 Å². The molecule has 0 aliphatic rings. The molecule has 0 saturated heterocycles. The van der Waals surface area contributed by atoms with Crippen LogP contribution in [-0.4, -0.2) is 20.3 Å². The average molecular weight is 251 g/mol. The molecule has 102 valence electrons. The Labute approximate surface area is 110 Å². The summed E-state index contributed by atoms with van der Waals surface area (Å²) < 4.78 is 4.97. The Morgan fingerprint density at radius 3 is 2.33 bits per heavy atom. The minimum atomic E-state index is 0.211. The maximum Gasteiger partial charge on any atom is 0.0916 e. The summed E-state index contributed by atoms with van der Waals surface area (Å²) in [5.41, 5.74) is 4.65. The molecule has 1 rings (SSSR count). The first-order chi connectivity index (χ1) is 8.53. The maximum absolute atomic E-state index is 5.46. The molecule has 0 heterocycles. The van der Waals surface area contributed by atoms with E-state index in [1.54, 1.807) is 7.11 Å². The molecule has 1 N–H and O–H groups in total. The summed E-state index contributed by atoms with van der Waals surface area (Å²) in [5, 5.41) is 0. The molecule has 0 saturated carbocycles. The Morgan fingerprint density at radius 2 is 1.78 bits per heavy atom. The van der Waals surface area contributed by atoms with E-state index in [1.807, 2.05) is 6.07 Å². The van der Waals surface area contributed by atoms with Gasteiger partial charge in [-0.3, -0.25) is 4.84 Å². The minimum absolute atomic E-state index is 0.211. The van der Waals surface area contributed by atoms with Gasteiger partial charge in [0.05, 0.1) is 19.3 Å².